The van der Waals surface area contributed by atoms with Crippen molar-refractivity contribution in [1.29, 1.82) is 0 Å². The molecule has 0 aliphatic heterocycles. The molecule has 0 fully saturated rings. The summed E-state index contributed by atoms with van der Waals surface area (Å²) in [6, 6.07) is 4.21. The van der Waals surface area contributed by atoms with Crippen LogP contribution >= 0.6 is 11.8 Å². The van der Waals surface area contributed by atoms with Gasteiger partial charge in [-0.2, -0.15) is 0 Å². The predicted octanol–water partition coefficient (Wildman–Crippen LogP) is 1.18. The first-order valence-electron chi connectivity index (χ1n) is 5.17. The first-order chi connectivity index (χ1) is 8.65. The van der Waals surface area contributed by atoms with E-state index in [2.05, 4.69) is 9.97 Å². The third-order valence-corrected chi connectivity index (χ3v) is 2.92. The molecule has 0 spiro atoms. The van der Waals surface area contributed by atoms with Crippen LogP contribution in [0, 0.1) is 0 Å². The smallest absolute Gasteiger partial charge is 0.320 e. The Balaban J connectivity index is 2.00. The number of hydrogen-bond donors (Lipinski definition) is 2. The van der Waals surface area contributed by atoms with E-state index in [0.29, 0.717) is 16.0 Å². The number of hydrogen-bond acceptors (Lipinski definition) is 6. The molecule has 2 heterocycles. The van der Waals surface area contributed by atoms with E-state index in [1.165, 1.54) is 11.8 Å². The van der Waals surface area contributed by atoms with Gasteiger partial charge in [-0.1, -0.05) is 0 Å². The number of nitrogens with zero attached hydrogens (tertiary/aromatic N) is 2. The number of aliphatic carboxylic acids is 1. The van der Waals surface area contributed by atoms with Gasteiger partial charge >= 0.3 is 5.97 Å². The minimum atomic E-state index is -1.05. The molecular weight excluding hydrogens is 254 g/mol. The lowest BCUT2D eigenvalue weighted by molar-refractivity contribution is -0.138. The monoisotopic (exact) mass is 265 g/mol. The molecule has 94 valence electrons. The molecule has 0 amide bonds. The van der Waals surface area contributed by atoms with Gasteiger partial charge in [-0.25, -0.2) is 9.97 Å². The van der Waals surface area contributed by atoms with Gasteiger partial charge in [0, 0.05) is 18.8 Å². The number of carboxylic acids is 1. The van der Waals surface area contributed by atoms with E-state index >= 15 is 0 Å². The molecule has 0 aromatic carbocycles. The minimum Gasteiger partial charge on any atom is -0.480 e. The largest absolute Gasteiger partial charge is 0.480 e. The SMILES string of the molecule is NC(Cc1ccc(Sc2ncccn2)o1)C(=O)O. The molecule has 6 nitrogen and oxygen atoms in total. The molecule has 2 rings (SSSR count). The van der Waals surface area contributed by atoms with Crippen LogP contribution in [0.15, 0.2) is 45.3 Å². The van der Waals surface area contributed by atoms with Crippen LogP contribution in [0.4, 0.5) is 0 Å². The van der Waals surface area contributed by atoms with Crippen molar-refractivity contribution in [3.63, 3.8) is 0 Å². The van der Waals surface area contributed by atoms with Gasteiger partial charge in [0.25, 0.3) is 0 Å². The number of nitrogens with two attached hydrogens (primary N) is 1. The fourth-order valence-corrected chi connectivity index (χ4v) is 1.95. The highest BCUT2D eigenvalue weighted by Gasteiger charge is 2.15. The van der Waals surface area contributed by atoms with Crippen LogP contribution < -0.4 is 5.73 Å². The number of furan rings is 1. The Kier molecular flexibility index (Phi) is 3.96. The van der Waals surface area contributed by atoms with Gasteiger partial charge in [-0.3, -0.25) is 4.79 Å². The molecular formula is C11H11N3O3S. The van der Waals surface area contributed by atoms with Crippen LogP contribution in [0.2, 0.25) is 0 Å². The molecule has 0 aliphatic rings. The third kappa shape index (κ3) is 3.31. The Morgan fingerprint density at radius 2 is 2.17 bits per heavy atom. The topological polar surface area (TPSA) is 102 Å². The lowest BCUT2D eigenvalue weighted by Gasteiger charge is -2.02. The van der Waals surface area contributed by atoms with E-state index in [9.17, 15) is 4.79 Å². The van der Waals surface area contributed by atoms with Gasteiger partial charge < -0.3 is 15.3 Å². The molecule has 3 N–H and O–H groups in total. The van der Waals surface area contributed by atoms with Crippen molar-refractivity contribution >= 4 is 17.7 Å². The number of carbonyl (C=O) groups is 1. The van der Waals surface area contributed by atoms with Crippen LogP contribution in [0.25, 0.3) is 0 Å². The highest BCUT2D eigenvalue weighted by Crippen LogP contribution is 2.26. The van der Waals surface area contributed by atoms with Gasteiger partial charge in [-0.15, -0.1) is 0 Å². The molecule has 0 aliphatic carbocycles. The second-order valence-corrected chi connectivity index (χ2v) is 4.47. The van der Waals surface area contributed by atoms with Gasteiger partial charge in [0.2, 0.25) is 0 Å². The van der Waals surface area contributed by atoms with Gasteiger partial charge in [0.15, 0.2) is 10.2 Å². The maximum absolute atomic E-state index is 10.6. The van der Waals surface area contributed by atoms with Crippen LogP contribution in [0.1, 0.15) is 5.76 Å². The summed E-state index contributed by atoms with van der Waals surface area (Å²) in [4.78, 5) is 18.7. The first kappa shape index (κ1) is 12.6. The molecule has 2 aromatic heterocycles. The fourth-order valence-electron chi connectivity index (χ4n) is 1.25. The predicted molar refractivity (Wildman–Crippen MR) is 64.2 cm³/mol. The van der Waals surface area contributed by atoms with Gasteiger partial charge in [0.05, 0.1) is 0 Å². The molecule has 1 atom stereocenters. The summed E-state index contributed by atoms with van der Waals surface area (Å²) >= 11 is 1.27. The molecule has 0 saturated heterocycles. The van der Waals surface area contributed by atoms with E-state index in [1.807, 2.05) is 0 Å². The average Bonchev–Trinajstić information content (AvgIpc) is 2.77. The van der Waals surface area contributed by atoms with E-state index in [1.54, 1.807) is 30.6 Å². The zero-order valence-electron chi connectivity index (χ0n) is 9.31. The van der Waals surface area contributed by atoms with Crippen LogP contribution in [-0.2, 0) is 11.2 Å². The summed E-state index contributed by atoms with van der Waals surface area (Å²) < 4.78 is 5.45. The van der Waals surface area contributed by atoms with Crippen molar-refractivity contribution < 1.29 is 14.3 Å². The summed E-state index contributed by atoms with van der Waals surface area (Å²) in [5, 5.41) is 9.87. The number of carboxylic acid groups (broad SMARTS) is 1. The van der Waals surface area contributed by atoms with Crippen molar-refractivity contribution in [3.8, 4) is 0 Å². The van der Waals surface area contributed by atoms with Gasteiger partial charge in [0.1, 0.15) is 11.8 Å². The standard InChI is InChI=1S/C11H11N3O3S/c12-8(10(15)16)6-7-2-3-9(17-7)18-11-13-4-1-5-14-11/h1-5,8H,6,12H2,(H,15,16). The summed E-state index contributed by atoms with van der Waals surface area (Å²) in [6.45, 7) is 0. The normalized spacial score (nSPS) is 12.3. The van der Waals surface area contributed by atoms with Gasteiger partial charge in [-0.05, 0) is 30.0 Å². The second-order valence-electron chi connectivity index (χ2n) is 3.50. The maximum atomic E-state index is 10.6. The van der Waals surface area contributed by atoms with E-state index in [0.717, 1.165) is 0 Å². The van der Waals surface area contributed by atoms with Crippen molar-refractivity contribution in [2.75, 3.05) is 0 Å². The lowest BCUT2D eigenvalue weighted by Crippen LogP contribution is -2.32. The Bertz CT molecular complexity index is 529. The lowest BCUT2D eigenvalue weighted by atomic mass is 10.2. The summed E-state index contributed by atoms with van der Waals surface area (Å²) in [7, 11) is 0. The van der Waals surface area contributed by atoms with Crippen molar-refractivity contribution in [1.82, 2.24) is 9.97 Å². The van der Waals surface area contributed by atoms with Crippen molar-refractivity contribution in [2.24, 2.45) is 5.73 Å². The Morgan fingerprint density at radius 1 is 1.44 bits per heavy atom. The molecule has 0 bridgehead atoms. The summed E-state index contributed by atoms with van der Waals surface area (Å²) in [5.74, 6) is -0.518. The van der Waals surface area contributed by atoms with Crippen LogP contribution in [-0.4, -0.2) is 27.1 Å². The Morgan fingerprint density at radius 3 is 2.83 bits per heavy atom. The molecule has 0 saturated carbocycles. The van der Waals surface area contributed by atoms with Crippen molar-refractivity contribution in [2.45, 2.75) is 22.7 Å². The third-order valence-electron chi connectivity index (χ3n) is 2.11. The second kappa shape index (κ2) is 5.65. The van der Waals surface area contributed by atoms with Crippen LogP contribution in [0.5, 0.6) is 0 Å². The number of aromatic nitrogens is 2. The molecule has 18 heavy (non-hydrogen) atoms. The summed E-state index contributed by atoms with van der Waals surface area (Å²) in [6.07, 6.45) is 3.44. The molecule has 7 heteroatoms. The quantitative estimate of drug-likeness (QED) is 0.782. The Labute approximate surface area is 107 Å². The van der Waals surface area contributed by atoms with E-state index in [-0.39, 0.29) is 6.42 Å². The number of rotatable bonds is 5. The highest BCUT2D eigenvalue weighted by molar-refractivity contribution is 7.99. The fraction of sp³-hybridized carbons (Fsp3) is 0.182. The minimum absolute atomic E-state index is 0.158. The van der Waals surface area contributed by atoms with E-state index in [4.69, 9.17) is 15.3 Å². The molecule has 1 unspecified atom stereocenters. The zero-order chi connectivity index (χ0) is 13.0. The molecule has 0 radical (unpaired) electrons. The van der Waals surface area contributed by atoms with Crippen molar-refractivity contribution in [3.05, 3.63) is 36.4 Å². The maximum Gasteiger partial charge on any atom is 0.320 e. The highest BCUT2D eigenvalue weighted by atomic mass is 32.2. The first-order valence-corrected chi connectivity index (χ1v) is 5.99. The average molecular weight is 265 g/mol. The molecule has 2 aromatic rings. The Hall–Kier alpha value is -1.86. The van der Waals surface area contributed by atoms with E-state index < -0.39 is 12.0 Å². The summed E-state index contributed by atoms with van der Waals surface area (Å²) in [5.41, 5.74) is 5.42. The zero-order valence-corrected chi connectivity index (χ0v) is 10.1. The van der Waals surface area contributed by atoms with Crippen LogP contribution in [0.3, 0.4) is 0 Å².